The van der Waals surface area contributed by atoms with Crippen molar-refractivity contribution in [2.75, 3.05) is 0 Å². The zero-order chi connectivity index (χ0) is 17.6. The molecule has 0 aliphatic heterocycles. The van der Waals surface area contributed by atoms with Gasteiger partial charge in [-0.05, 0) is 84.6 Å². The van der Waals surface area contributed by atoms with Gasteiger partial charge in [0.2, 0.25) is 0 Å². The van der Waals surface area contributed by atoms with Crippen LogP contribution in [0.3, 0.4) is 0 Å². The third-order valence-corrected chi connectivity index (χ3v) is 4.58. The van der Waals surface area contributed by atoms with Gasteiger partial charge in [-0.2, -0.15) is 0 Å². The summed E-state index contributed by atoms with van der Waals surface area (Å²) in [7, 11) is 0. The molecule has 0 unspecified atom stereocenters. The van der Waals surface area contributed by atoms with Gasteiger partial charge in [-0.3, -0.25) is 4.99 Å². The molecule has 0 bridgehead atoms. The predicted molar refractivity (Wildman–Crippen MR) is 108 cm³/mol. The molecular weight excluding hydrogens is 374 g/mol. The Bertz CT molecular complexity index is 868. The number of rotatable bonds is 5. The molecule has 3 rings (SSSR count). The number of benzene rings is 3. The van der Waals surface area contributed by atoms with Crippen LogP contribution in [-0.2, 0) is 6.61 Å². The minimum atomic E-state index is 0.559. The van der Waals surface area contributed by atoms with Gasteiger partial charge in [0.1, 0.15) is 12.4 Å². The highest BCUT2D eigenvalue weighted by Gasteiger charge is 1.98. The van der Waals surface area contributed by atoms with E-state index in [1.807, 2.05) is 48.7 Å². The highest BCUT2D eigenvalue weighted by molar-refractivity contribution is 9.10. The summed E-state index contributed by atoms with van der Waals surface area (Å²) in [5, 5.41) is 0. The van der Waals surface area contributed by atoms with Crippen LogP contribution in [0.4, 0.5) is 5.69 Å². The first-order valence-corrected chi connectivity index (χ1v) is 8.98. The summed E-state index contributed by atoms with van der Waals surface area (Å²) in [6.07, 6.45) is 1.88. The normalized spacial score (nSPS) is 11.0. The number of hydrogen-bond donors (Lipinski definition) is 0. The van der Waals surface area contributed by atoms with E-state index in [4.69, 9.17) is 4.74 Å². The summed E-state index contributed by atoms with van der Waals surface area (Å²) in [6, 6.07) is 22.3. The van der Waals surface area contributed by atoms with Crippen LogP contribution in [0.25, 0.3) is 0 Å². The molecule has 126 valence electrons. The van der Waals surface area contributed by atoms with Crippen molar-refractivity contribution in [2.45, 2.75) is 20.5 Å². The van der Waals surface area contributed by atoms with Gasteiger partial charge in [0.05, 0.1) is 5.69 Å². The second kappa shape index (κ2) is 8.13. The molecule has 0 aliphatic rings. The van der Waals surface area contributed by atoms with E-state index < -0.39 is 0 Å². The number of aliphatic imine (C=N–C) groups is 1. The number of hydrogen-bond acceptors (Lipinski definition) is 2. The molecule has 0 N–H and O–H groups in total. The smallest absolute Gasteiger partial charge is 0.119 e. The maximum Gasteiger partial charge on any atom is 0.119 e. The first-order chi connectivity index (χ1) is 12.1. The Balaban J connectivity index is 1.60. The SMILES string of the molecule is Cc1ccc(N=Cc2ccc(OCc3ccc(Br)cc3)cc2)cc1C. The van der Waals surface area contributed by atoms with Crippen LogP contribution in [-0.4, -0.2) is 6.21 Å². The molecule has 3 heteroatoms. The Morgan fingerprint density at radius 3 is 2.28 bits per heavy atom. The molecule has 0 aliphatic carbocycles. The zero-order valence-corrected chi connectivity index (χ0v) is 16.0. The van der Waals surface area contributed by atoms with Crippen LogP contribution in [0.5, 0.6) is 5.75 Å². The van der Waals surface area contributed by atoms with Gasteiger partial charge in [-0.1, -0.05) is 34.1 Å². The Kier molecular flexibility index (Phi) is 5.67. The molecule has 25 heavy (non-hydrogen) atoms. The summed E-state index contributed by atoms with van der Waals surface area (Å²) in [4.78, 5) is 4.54. The summed E-state index contributed by atoms with van der Waals surface area (Å²) in [6.45, 7) is 4.77. The van der Waals surface area contributed by atoms with Crippen molar-refractivity contribution in [3.05, 3.63) is 93.5 Å². The van der Waals surface area contributed by atoms with Crippen molar-refractivity contribution >= 4 is 27.8 Å². The maximum atomic E-state index is 5.82. The van der Waals surface area contributed by atoms with Crippen LogP contribution < -0.4 is 4.74 Å². The fourth-order valence-electron chi connectivity index (χ4n) is 2.35. The largest absolute Gasteiger partial charge is 0.489 e. The summed E-state index contributed by atoms with van der Waals surface area (Å²) in [5.74, 6) is 0.853. The van der Waals surface area contributed by atoms with Gasteiger partial charge >= 0.3 is 0 Å². The highest BCUT2D eigenvalue weighted by atomic mass is 79.9. The Hall–Kier alpha value is -2.39. The fourth-order valence-corrected chi connectivity index (χ4v) is 2.62. The van der Waals surface area contributed by atoms with E-state index in [1.54, 1.807) is 0 Å². The third-order valence-electron chi connectivity index (χ3n) is 4.05. The first kappa shape index (κ1) is 17.4. The maximum absolute atomic E-state index is 5.82. The average Bonchev–Trinajstić information content (AvgIpc) is 2.63. The monoisotopic (exact) mass is 393 g/mol. The van der Waals surface area contributed by atoms with Crippen molar-refractivity contribution in [1.82, 2.24) is 0 Å². The van der Waals surface area contributed by atoms with Crippen molar-refractivity contribution in [2.24, 2.45) is 4.99 Å². The minimum absolute atomic E-state index is 0.559. The fraction of sp³-hybridized carbons (Fsp3) is 0.136. The lowest BCUT2D eigenvalue weighted by Gasteiger charge is -2.06. The molecule has 0 aromatic heterocycles. The quantitative estimate of drug-likeness (QED) is 0.459. The standard InChI is InChI=1S/C22H20BrNO/c1-16-3-10-21(13-17(16)2)24-14-18-6-11-22(12-7-18)25-15-19-4-8-20(23)9-5-19/h3-14H,15H2,1-2H3. The minimum Gasteiger partial charge on any atom is -0.489 e. The summed E-state index contributed by atoms with van der Waals surface area (Å²) in [5.41, 5.74) is 5.70. The molecule has 0 fully saturated rings. The summed E-state index contributed by atoms with van der Waals surface area (Å²) >= 11 is 3.44. The second-order valence-corrected chi connectivity index (χ2v) is 6.93. The van der Waals surface area contributed by atoms with Crippen LogP contribution in [0.1, 0.15) is 22.3 Å². The van der Waals surface area contributed by atoms with Crippen molar-refractivity contribution < 1.29 is 4.74 Å². The molecule has 0 saturated carbocycles. The van der Waals surface area contributed by atoms with Gasteiger partial charge in [0.25, 0.3) is 0 Å². The van der Waals surface area contributed by atoms with Crippen molar-refractivity contribution in [3.8, 4) is 5.75 Å². The van der Waals surface area contributed by atoms with Gasteiger partial charge in [0, 0.05) is 10.7 Å². The Morgan fingerprint density at radius 2 is 1.60 bits per heavy atom. The van der Waals surface area contributed by atoms with Gasteiger partial charge in [0.15, 0.2) is 0 Å². The molecule has 3 aromatic carbocycles. The predicted octanol–water partition coefficient (Wildman–Crippen LogP) is 6.40. The van der Waals surface area contributed by atoms with Crippen LogP contribution in [0.2, 0.25) is 0 Å². The van der Waals surface area contributed by atoms with E-state index in [2.05, 4.69) is 59.0 Å². The van der Waals surface area contributed by atoms with E-state index in [0.717, 1.165) is 27.0 Å². The molecule has 0 atom stereocenters. The van der Waals surface area contributed by atoms with Crippen LogP contribution in [0, 0.1) is 13.8 Å². The first-order valence-electron chi connectivity index (χ1n) is 8.19. The van der Waals surface area contributed by atoms with E-state index in [-0.39, 0.29) is 0 Å². The number of nitrogens with zero attached hydrogens (tertiary/aromatic N) is 1. The summed E-state index contributed by atoms with van der Waals surface area (Å²) < 4.78 is 6.89. The number of ether oxygens (including phenoxy) is 1. The Morgan fingerprint density at radius 1 is 0.880 bits per heavy atom. The van der Waals surface area contributed by atoms with Crippen molar-refractivity contribution in [1.29, 1.82) is 0 Å². The lowest BCUT2D eigenvalue weighted by atomic mass is 10.1. The van der Waals surface area contributed by atoms with E-state index in [0.29, 0.717) is 6.61 Å². The second-order valence-electron chi connectivity index (χ2n) is 6.01. The third kappa shape index (κ3) is 5.04. The van der Waals surface area contributed by atoms with Gasteiger partial charge in [-0.15, -0.1) is 0 Å². The van der Waals surface area contributed by atoms with E-state index >= 15 is 0 Å². The van der Waals surface area contributed by atoms with Crippen LogP contribution in [0.15, 0.2) is 76.2 Å². The molecule has 0 amide bonds. The molecule has 0 saturated heterocycles. The lowest BCUT2D eigenvalue weighted by Crippen LogP contribution is -1.95. The van der Waals surface area contributed by atoms with Gasteiger partial charge < -0.3 is 4.74 Å². The van der Waals surface area contributed by atoms with Crippen LogP contribution >= 0.6 is 15.9 Å². The van der Waals surface area contributed by atoms with E-state index in [9.17, 15) is 0 Å². The average molecular weight is 394 g/mol. The molecule has 3 aromatic rings. The van der Waals surface area contributed by atoms with Crippen molar-refractivity contribution in [3.63, 3.8) is 0 Å². The molecule has 0 radical (unpaired) electrons. The molecular formula is C22H20BrNO. The molecule has 0 heterocycles. The molecule has 2 nitrogen and oxygen atoms in total. The lowest BCUT2D eigenvalue weighted by molar-refractivity contribution is 0.306. The highest BCUT2D eigenvalue weighted by Crippen LogP contribution is 2.18. The van der Waals surface area contributed by atoms with E-state index in [1.165, 1.54) is 11.1 Å². The molecule has 0 spiro atoms. The Labute approximate surface area is 157 Å². The topological polar surface area (TPSA) is 21.6 Å². The number of aryl methyl sites for hydroxylation is 2. The number of halogens is 1. The zero-order valence-electron chi connectivity index (χ0n) is 14.4. The van der Waals surface area contributed by atoms with Gasteiger partial charge in [-0.25, -0.2) is 0 Å².